The minimum atomic E-state index is -0.596. The van der Waals surface area contributed by atoms with Gasteiger partial charge in [0.2, 0.25) is 0 Å². The lowest BCUT2D eigenvalue weighted by atomic mass is 10.1. The highest BCUT2D eigenvalue weighted by atomic mass is 16.5. The van der Waals surface area contributed by atoms with Crippen molar-refractivity contribution in [3.63, 3.8) is 0 Å². The van der Waals surface area contributed by atoms with Crippen LogP contribution in [0.2, 0.25) is 0 Å². The van der Waals surface area contributed by atoms with E-state index in [2.05, 4.69) is 33.9 Å². The number of nitrogens with zero attached hydrogens (tertiary/aromatic N) is 5. The first-order chi connectivity index (χ1) is 14.2. The Morgan fingerprint density at radius 3 is 2.66 bits per heavy atom. The summed E-state index contributed by atoms with van der Waals surface area (Å²) in [4.78, 5) is 11.4. The van der Waals surface area contributed by atoms with Gasteiger partial charge in [0.15, 0.2) is 11.6 Å². The van der Waals surface area contributed by atoms with E-state index in [1.165, 1.54) is 12.7 Å². The normalized spacial score (nSPS) is 15.5. The van der Waals surface area contributed by atoms with Gasteiger partial charge in [-0.3, -0.25) is 0 Å². The summed E-state index contributed by atoms with van der Waals surface area (Å²) in [6.07, 6.45) is 1.29. The minimum absolute atomic E-state index is 0.198. The molecule has 3 aromatic rings. The van der Waals surface area contributed by atoms with E-state index in [-0.39, 0.29) is 6.61 Å². The Morgan fingerprint density at radius 2 is 1.93 bits per heavy atom. The zero-order chi connectivity index (χ0) is 20.2. The van der Waals surface area contributed by atoms with Gasteiger partial charge in [-0.15, -0.1) is 0 Å². The predicted octanol–water partition coefficient (Wildman–Crippen LogP) is 2.15. The van der Waals surface area contributed by atoms with Crippen LogP contribution in [0.25, 0.3) is 17.1 Å². The maximum Gasteiger partial charge on any atom is 0.164 e. The summed E-state index contributed by atoms with van der Waals surface area (Å²) in [5.41, 5.74) is 3.10. The lowest BCUT2D eigenvalue weighted by Gasteiger charge is -2.28. The van der Waals surface area contributed by atoms with E-state index >= 15 is 0 Å². The summed E-state index contributed by atoms with van der Waals surface area (Å²) < 4.78 is 12.5. The summed E-state index contributed by atoms with van der Waals surface area (Å²) in [7, 11) is 1.54. The van der Waals surface area contributed by atoms with E-state index < -0.39 is 6.10 Å². The van der Waals surface area contributed by atoms with Crippen molar-refractivity contribution in [2.75, 3.05) is 44.9 Å². The zero-order valence-electron chi connectivity index (χ0n) is 16.7. The number of rotatable bonds is 6. The smallest absolute Gasteiger partial charge is 0.164 e. The molecule has 1 fully saturated rings. The first-order valence-electron chi connectivity index (χ1n) is 9.66. The summed E-state index contributed by atoms with van der Waals surface area (Å²) in [5, 5.41) is 14.4. The number of aromatic nitrogens is 4. The summed E-state index contributed by atoms with van der Waals surface area (Å²) in [6.45, 7) is 4.67. The second-order valence-electron chi connectivity index (χ2n) is 6.96. The van der Waals surface area contributed by atoms with Crippen LogP contribution < -0.4 is 4.90 Å². The van der Waals surface area contributed by atoms with Crippen LogP contribution in [-0.2, 0) is 9.47 Å². The average molecular weight is 395 g/mol. The number of ether oxygens (including phenoxy) is 2. The molecule has 8 nitrogen and oxygen atoms in total. The van der Waals surface area contributed by atoms with Crippen LogP contribution >= 0.6 is 0 Å². The van der Waals surface area contributed by atoms with Gasteiger partial charge in [-0.25, -0.2) is 14.6 Å². The molecule has 0 bridgehead atoms. The van der Waals surface area contributed by atoms with Crippen molar-refractivity contribution >= 4 is 5.82 Å². The number of benzene rings is 1. The first-order valence-corrected chi connectivity index (χ1v) is 9.66. The Labute approximate surface area is 169 Å². The number of anilines is 1. The third-order valence-electron chi connectivity index (χ3n) is 4.93. The van der Waals surface area contributed by atoms with Gasteiger partial charge in [0.1, 0.15) is 11.9 Å². The maximum absolute atomic E-state index is 9.66. The van der Waals surface area contributed by atoms with Gasteiger partial charge in [0.25, 0.3) is 0 Å². The van der Waals surface area contributed by atoms with Crippen LogP contribution in [0.3, 0.4) is 0 Å². The molecule has 1 aromatic carbocycles. The van der Waals surface area contributed by atoms with Crippen molar-refractivity contribution < 1.29 is 14.6 Å². The van der Waals surface area contributed by atoms with Crippen molar-refractivity contribution in [2.45, 2.75) is 13.0 Å². The number of hydrogen-bond acceptors (Lipinski definition) is 7. The van der Waals surface area contributed by atoms with E-state index in [4.69, 9.17) is 14.6 Å². The van der Waals surface area contributed by atoms with Crippen LogP contribution in [0.1, 0.15) is 17.5 Å². The molecule has 1 aliphatic heterocycles. The van der Waals surface area contributed by atoms with E-state index in [9.17, 15) is 5.11 Å². The molecule has 1 N–H and O–H groups in total. The monoisotopic (exact) mass is 395 g/mol. The fourth-order valence-corrected chi connectivity index (χ4v) is 3.33. The highest BCUT2D eigenvalue weighted by molar-refractivity contribution is 5.60. The predicted molar refractivity (Wildman–Crippen MR) is 109 cm³/mol. The van der Waals surface area contributed by atoms with E-state index in [0.717, 1.165) is 30.2 Å². The molecule has 0 spiro atoms. The Bertz CT molecular complexity index is 964. The van der Waals surface area contributed by atoms with Gasteiger partial charge in [-0.2, -0.15) is 5.10 Å². The van der Waals surface area contributed by atoms with E-state index in [1.807, 2.05) is 30.5 Å². The van der Waals surface area contributed by atoms with Crippen LogP contribution in [0.15, 0.2) is 42.6 Å². The molecule has 0 radical (unpaired) electrons. The minimum Gasteiger partial charge on any atom is -0.393 e. The van der Waals surface area contributed by atoms with Crippen molar-refractivity contribution in [1.29, 1.82) is 0 Å². The lowest BCUT2D eigenvalue weighted by molar-refractivity contribution is 0.0422. The van der Waals surface area contributed by atoms with Gasteiger partial charge in [0, 0.05) is 38.0 Å². The zero-order valence-corrected chi connectivity index (χ0v) is 16.7. The van der Waals surface area contributed by atoms with Gasteiger partial charge in [-0.05, 0) is 19.1 Å². The van der Waals surface area contributed by atoms with Gasteiger partial charge in [0.05, 0.1) is 25.5 Å². The van der Waals surface area contributed by atoms with Crippen molar-refractivity contribution in [2.24, 2.45) is 0 Å². The van der Waals surface area contributed by atoms with Crippen LogP contribution in [0.5, 0.6) is 0 Å². The second kappa shape index (κ2) is 8.69. The first kappa shape index (κ1) is 19.5. The number of methoxy groups -OCH3 is 1. The Hall–Kier alpha value is -2.81. The van der Waals surface area contributed by atoms with Gasteiger partial charge >= 0.3 is 0 Å². The highest BCUT2D eigenvalue weighted by Crippen LogP contribution is 2.23. The second-order valence-corrected chi connectivity index (χ2v) is 6.96. The Kier molecular flexibility index (Phi) is 5.84. The third kappa shape index (κ3) is 4.29. The molecule has 0 aliphatic carbocycles. The molecule has 4 rings (SSSR count). The third-order valence-corrected chi connectivity index (χ3v) is 4.93. The topological polar surface area (TPSA) is 85.5 Å². The molecule has 3 heterocycles. The molecule has 1 atom stereocenters. The molecular weight excluding hydrogens is 370 g/mol. The van der Waals surface area contributed by atoms with Gasteiger partial charge in [-0.1, -0.05) is 23.8 Å². The fraction of sp³-hybridized carbons (Fsp3) is 0.381. The number of aliphatic hydroxyl groups excluding tert-OH is 1. The van der Waals surface area contributed by atoms with Gasteiger partial charge < -0.3 is 19.5 Å². The molecule has 0 saturated carbocycles. The van der Waals surface area contributed by atoms with E-state index in [0.29, 0.717) is 24.9 Å². The molecule has 8 heteroatoms. The molecule has 0 unspecified atom stereocenters. The number of aliphatic hydroxyl groups is 1. The van der Waals surface area contributed by atoms with Crippen molar-refractivity contribution in [3.05, 3.63) is 54.0 Å². The van der Waals surface area contributed by atoms with Crippen LogP contribution in [-0.4, -0.2) is 64.9 Å². The molecule has 29 heavy (non-hydrogen) atoms. The SMILES string of the molecule is CO[C@@H](CO)c1nc(N2CCOCC2)cc(-n2ccc(-c3cccc(C)c3)n2)n1. The molecule has 1 saturated heterocycles. The molecule has 1 aliphatic rings. The molecule has 0 amide bonds. The maximum atomic E-state index is 9.66. The van der Waals surface area contributed by atoms with Crippen LogP contribution in [0.4, 0.5) is 5.82 Å². The Morgan fingerprint density at radius 1 is 1.14 bits per heavy atom. The van der Waals surface area contributed by atoms with E-state index in [1.54, 1.807) is 4.68 Å². The molecule has 152 valence electrons. The quantitative estimate of drug-likeness (QED) is 0.684. The molecular formula is C21H25N5O3. The number of hydrogen-bond donors (Lipinski definition) is 1. The summed E-state index contributed by atoms with van der Waals surface area (Å²) in [5.74, 6) is 1.84. The summed E-state index contributed by atoms with van der Waals surface area (Å²) in [6, 6.07) is 12.1. The highest BCUT2D eigenvalue weighted by Gasteiger charge is 2.20. The van der Waals surface area contributed by atoms with Crippen molar-refractivity contribution in [1.82, 2.24) is 19.7 Å². The van der Waals surface area contributed by atoms with Crippen molar-refractivity contribution in [3.8, 4) is 17.1 Å². The fourth-order valence-electron chi connectivity index (χ4n) is 3.33. The largest absolute Gasteiger partial charge is 0.393 e. The average Bonchev–Trinajstić information content (AvgIpc) is 3.26. The number of aryl methyl sites for hydroxylation is 1. The summed E-state index contributed by atoms with van der Waals surface area (Å²) >= 11 is 0. The lowest BCUT2D eigenvalue weighted by Crippen LogP contribution is -2.37. The number of morpholine rings is 1. The van der Waals surface area contributed by atoms with Crippen LogP contribution in [0, 0.1) is 6.92 Å². The standard InChI is InChI=1S/C21H25N5O3/c1-15-4-3-5-16(12-15)17-6-7-26(24-17)20-13-19(25-8-10-29-11-9-25)22-21(23-20)18(14-27)28-2/h3-7,12-13,18,27H,8-11,14H2,1-2H3/t18-/m0/s1. The molecule has 2 aromatic heterocycles. The Balaban J connectivity index is 1.73.